The van der Waals surface area contributed by atoms with Crippen molar-refractivity contribution >= 4 is 54.0 Å². The lowest BCUT2D eigenvalue weighted by Gasteiger charge is -2.15. The predicted molar refractivity (Wildman–Crippen MR) is 236 cm³/mol. The van der Waals surface area contributed by atoms with Crippen LogP contribution in [0.15, 0.2) is 200 Å². The van der Waals surface area contributed by atoms with Gasteiger partial charge in [-0.15, -0.1) is 11.3 Å². The summed E-state index contributed by atoms with van der Waals surface area (Å²) in [5.41, 5.74) is 11.8. The summed E-state index contributed by atoms with van der Waals surface area (Å²) in [5.74, 6) is 0.683. The molecule has 8 aromatic carbocycles. The number of rotatable bonds is 6. The number of benzene rings is 8. The first kappa shape index (κ1) is 32.3. The average molecular weight is 732 g/mol. The van der Waals surface area contributed by atoms with Crippen LogP contribution in [0.4, 0.5) is 0 Å². The molecule has 3 aromatic heterocycles. The van der Waals surface area contributed by atoms with Crippen LogP contribution in [0, 0.1) is 0 Å². The summed E-state index contributed by atoms with van der Waals surface area (Å²) in [6, 6.07) is 71.5. The van der Waals surface area contributed by atoms with Crippen molar-refractivity contribution in [2.45, 2.75) is 0 Å². The molecule has 11 aromatic rings. The monoisotopic (exact) mass is 731 g/mol. The quantitative estimate of drug-likeness (QED) is 0.170. The number of thiophene rings is 1. The van der Waals surface area contributed by atoms with Gasteiger partial charge in [-0.1, -0.05) is 146 Å². The van der Waals surface area contributed by atoms with Gasteiger partial charge >= 0.3 is 0 Å². The van der Waals surface area contributed by atoms with E-state index in [1.165, 1.54) is 53.2 Å². The fourth-order valence-electron chi connectivity index (χ4n) is 8.05. The van der Waals surface area contributed by atoms with Crippen molar-refractivity contribution in [3.05, 3.63) is 200 Å². The van der Waals surface area contributed by atoms with E-state index in [1.807, 2.05) is 11.3 Å². The zero-order valence-electron chi connectivity index (χ0n) is 30.3. The Morgan fingerprint density at radius 3 is 1.70 bits per heavy atom. The van der Waals surface area contributed by atoms with Gasteiger partial charge in [0.25, 0.3) is 0 Å². The molecule has 0 N–H and O–H groups in total. The van der Waals surface area contributed by atoms with E-state index in [4.69, 9.17) is 9.97 Å². The number of hydrogen-bond acceptors (Lipinski definition) is 3. The first-order valence-electron chi connectivity index (χ1n) is 18.9. The van der Waals surface area contributed by atoms with Crippen molar-refractivity contribution in [3.8, 4) is 61.2 Å². The third kappa shape index (κ3) is 5.58. The molecule has 0 saturated heterocycles. The van der Waals surface area contributed by atoms with Gasteiger partial charge in [0, 0.05) is 37.0 Å². The molecular weight excluding hydrogens is 699 g/mol. The Hall–Kier alpha value is -7.14. The minimum absolute atomic E-state index is 0.683. The van der Waals surface area contributed by atoms with Gasteiger partial charge in [-0.3, -0.25) is 0 Å². The maximum atomic E-state index is 5.37. The first-order valence-corrected chi connectivity index (χ1v) is 19.7. The highest BCUT2D eigenvalue weighted by molar-refractivity contribution is 7.22. The molecule has 0 atom stereocenters. The van der Waals surface area contributed by atoms with Crippen molar-refractivity contribution in [1.82, 2.24) is 14.5 Å². The number of hydrogen-bond donors (Lipinski definition) is 0. The van der Waals surface area contributed by atoms with Crippen molar-refractivity contribution in [2.75, 3.05) is 0 Å². The molecule has 11 rings (SSSR count). The molecule has 0 aliphatic heterocycles. The molecule has 0 spiro atoms. The van der Waals surface area contributed by atoms with Crippen molar-refractivity contribution in [2.24, 2.45) is 0 Å². The van der Waals surface area contributed by atoms with Gasteiger partial charge in [-0.2, -0.15) is 0 Å². The van der Waals surface area contributed by atoms with Gasteiger partial charge in [0.2, 0.25) is 0 Å². The zero-order chi connectivity index (χ0) is 37.0. The summed E-state index contributed by atoms with van der Waals surface area (Å²) < 4.78 is 3.65. The van der Waals surface area contributed by atoms with Crippen LogP contribution in [-0.4, -0.2) is 14.5 Å². The second-order valence-electron chi connectivity index (χ2n) is 14.2. The Balaban J connectivity index is 1.08. The van der Waals surface area contributed by atoms with E-state index < -0.39 is 0 Å². The molecule has 0 amide bonds. The molecule has 0 fully saturated rings. The topological polar surface area (TPSA) is 30.7 Å². The molecule has 262 valence electrons. The number of nitrogens with zero attached hydrogens (tertiary/aromatic N) is 3. The number of aromatic nitrogens is 3. The smallest absolute Gasteiger partial charge is 0.162 e. The molecule has 0 saturated carbocycles. The molecule has 0 bridgehead atoms. The zero-order valence-corrected chi connectivity index (χ0v) is 31.1. The van der Waals surface area contributed by atoms with E-state index >= 15 is 0 Å². The Labute approximate surface area is 328 Å². The maximum absolute atomic E-state index is 5.37. The summed E-state index contributed by atoms with van der Waals surface area (Å²) in [6.45, 7) is 0. The van der Waals surface area contributed by atoms with E-state index in [1.54, 1.807) is 0 Å². The maximum Gasteiger partial charge on any atom is 0.162 e. The molecule has 4 heteroatoms. The van der Waals surface area contributed by atoms with Crippen molar-refractivity contribution < 1.29 is 0 Å². The van der Waals surface area contributed by atoms with Gasteiger partial charge < -0.3 is 4.57 Å². The average Bonchev–Trinajstić information content (AvgIpc) is 3.86. The van der Waals surface area contributed by atoms with E-state index in [0.717, 1.165) is 44.8 Å². The second-order valence-corrected chi connectivity index (χ2v) is 15.3. The number of fused-ring (bicyclic) bond motifs is 5. The summed E-state index contributed by atoms with van der Waals surface area (Å²) in [5, 5.41) is 6.08. The van der Waals surface area contributed by atoms with Crippen LogP contribution in [0.5, 0.6) is 0 Å². The Morgan fingerprint density at radius 2 is 0.946 bits per heavy atom. The molecule has 56 heavy (non-hydrogen) atoms. The van der Waals surface area contributed by atoms with Crippen LogP contribution in [0.3, 0.4) is 0 Å². The third-order valence-corrected chi connectivity index (χ3v) is 12.0. The molecule has 0 aliphatic carbocycles. The Kier molecular flexibility index (Phi) is 7.68. The molecular formula is C52H33N3S. The third-order valence-electron chi connectivity index (χ3n) is 10.8. The Morgan fingerprint density at radius 1 is 0.375 bits per heavy atom. The lowest BCUT2D eigenvalue weighted by atomic mass is 9.98. The largest absolute Gasteiger partial charge is 0.309 e. The van der Waals surface area contributed by atoms with E-state index in [2.05, 4.69) is 205 Å². The minimum Gasteiger partial charge on any atom is -0.309 e. The molecule has 3 heterocycles. The van der Waals surface area contributed by atoms with E-state index in [-0.39, 0.29) is 0 Å². The SMILES string of the molecule is c1ccc(-c2ccc3cc(-c4cc(-c5ccc(-c6cc7ccccc7s6)cc5)nc(-c5ccccc5-n5c6ccccc6c6ccccc65)n4)ccc3c2)cc1. The van der Waals surface area contributed by atoms with E-state index in [0.29, 0.717) is 5.82 Å². The molecule has 3 nitrogen and oxygen atoms in total. The summed E-state index contributed by atoms with van der Waals surface area (Å²) in [6.07, 6.45) is 0. The van der Waals surface area contributed by atoms with Crippen molar-refractivity contribution in [3.63, 3.8) is 0 Å². The summed E-state index contributed by atoms with van der Waals surface area (Å²) in [7, 11) is 0. The van der Waals surface area contributed by atoms with Crippen LogP contribution in [-0.2, 0) is 0 Å². The first-order chi connectivity index (χ1) is 27.7. The minimum atomic E-state index is 0.683. The number of para-hydroxylation sites is 3. The van der Waals surface area contributed by atoms with Gasteiger partial charge in [0.1, 0.15) is 0 Å². The van der Waals surface area contributed by atoms with Crippen LogP contribution in [0.1, 0.15) is 0 Å². The highest BCUT2D eigenvalue weighted by Gasteiger charge is 2.19. The lowest BCUT2D eigenvalue weighted by Crippen LogP contribution is -2.01. The van der Waals surface area contributed by atoms with Crippen LogP contribution < -0.4 is 0 Å². The van der Waals surface area contributed by atoms with Crippen LogP contribution in [0.25, 0.3) is 104 Å². The molecule has 0 aliphatic rings. The van der Waals surface area contributed by atoms with Gasteiger partial charge in [-0.05, 0) is 87.4 Å². The van der Waals surface area contributed by atoms with Gasteiger partial charge in [0.05, 0.1) is 28.1 Å². The highest BCUT2D eigenvalue weighted by Crippen LogP contribution is 2.38. The van der Waals surface area contributed by atoms with Crippen LogP contribution >= 0.6 is 11.3 Å². The second kappa shape index (κ2) is 13.3. The standard InChI is InChI=1S/C52H33N3S/c1-2-12-34(13-3-1)37-26-27-39-31-40(29-28-38(39)30-37)46-33-45(35-22-24-36(25-23-35)51-32-41-14-4-11-21-50(41)56-51)53-52(54-46)44-17-7-10-20-49(44)55-47-18-8-5-15-42(47)43-16-6-9-19-48(43)55/h1-33H. The van der Waals surface area contributed by atoms with Gasteiger partial charge in [0.15, 0.2) is 5.82 Å². The normalized spacial score (nSPS) is 11.6. The van der Waals surface area contributed by atoms with Gasteiger partial charge in [-0.25, -0.2) is 9.97 Å². The fraction of sp³-hybridized carbons (Fsp3) is 0. The predicted octanol–water partition coefficient (Wildman–Crippen LogP) is 14.3. The molecule has 0 radical (unpaired) electrons. The highest BCUT2D eigenvalue weighted by atomic mass is 32.1. The lowest BCUT2D eigenvalue weighted by molar-refractivity contribution is 1.14. The summed E-state index contributed by atoms with van der Waals surface area (Å²) >= 11 is 1.83. The van der Waals surface area contributed by atoms with Crippen molar-refractivity contribution in [1.29, 1.82) is 0 Å². The summed E-state index contributed by atoms with van der Waals surface area (Å²) in [4.78, 5) is 12.0. The molecule has 0 unspecified atom stereocenters. The van der Waals surface area contributed by atoms with Crippen LogP contribution in [0.2, 0.25) is 0 Å². The fourth-order valence-corrected chi connectivity index (χ4v) is 9.12. The van der Waals surface area contributed by atoms with E-state index in [9.17, 15) is 0 Å². The Bertz CT molecular complexity index is 3160.